The minimum Gasteiger partial charge on any atom is -0.397 e. The van der Waals surface area contributed by atoms with Gasteiger partial charge >= 0.3 is 0 Å². The van der Waals surface area contributed by atoms with Gasteiger partial charge in [0.2, 0.25) is 0 Å². The predicted molar refractivity (Wildman–Crippen MR) is 86.7 cm³/mol. The van der Waals surface area contributed by atoms with Gasteiger partial charge in [-0.25, -0.2) is 4.39 Å². The van der Waals surface area contributed by atoms with Gasteiger partial charge < -0.3 is 11.1 Å². The highest BCUT2D eigenvalue weighted by Crippen LogP contribution is 2.34. The molecule has 2 atom stereocenters. The van der Waals surface area contributed by atoms with E-state index in [-0.39, 0.29) is 5.82 Å². The second kappa shape index (κ2) is 6.32. The summed E-state index contributed by atoms with van der Waals surface area (Å²) in [6, 6.07) is 3.62. The van der Waals surface area contributed by atoms with Crippen LogP contribution in [0.2, 0.25) is 0 Å². The molecule has 1 aliphatic rings. The molecule has 2 nitrogen and oxygen atoms in total. The highest BCUT2D eigenvalue weighted by atomic mass is 127. The van der Waals surface area contributed by atoms with Crippen molar-refractivity contribution in [3.05, 3.63) is 21.5 Å². The number of hydrogen-bond donors (Lipinski definition) is 2. The Morgan fingerprint density at radius 1 is 1.50 bits per heavy atom. The zero-order valence-corrected chi connectivity index (χ0v) is 13.4. The number of rotatable bonds is 4. The summed E-state index contributed by atoms with van der Waals surface area (Å²) in [5, 5.41) is 4.04. The largest absolute Gasteiger partial charge is 0.397 e. The van der Waals surface area contributed by atoms with Gasteiger partial charge in [-0.05, 0) is 47.3 Å². The lowest BCUT2D eigenvalue weighted by atomic mass is 10.2. The van der Waals surface area contributed by atoms with E-state index in [1.54, 1.807) is 6.07 Å². The van der Waals surface area contributed by atoms with Crippen LogP contribution in [0.1, 0.15) is 26.2 Å². The smallest absolute Gasteiger partial charge is 0.138 e. The number of halogens is 2. The minimum absolute atomic E-state index is 0.204. The molecule has 0 amide bonds. The quantitative estimate of drug-likeness (QED) is 0.610. The third-order valence-electron chi connectivity index (χ3n) is 3.27. The molecule has 1 aromatic carbocycles. The van der Waals surface area contributed by atoms with E-state index >= 15 is 0 Å². The van der Waals surface area contributed by atoms with Gasteiger partial charge in [0, 0.05) is 17.4 Å². The van der Waals surface area contributed by atoms with Crippen LogP contribution in [0.25, 0.3) is 0 Å². The van der Waals surface area contributed by atoms with Crippen molar-refractivity contribution in [3.63, 3.8) is 0 Å². The molecule has 0 radical (unpaired) electrons. The molecule has 3 N–H and O–H groups in total. The summed E-state index contributed by atoms with van der Waals surface area (Å²) in [5.41, 5.74) is 7.32. The molecule has 0 bridgehead atoms. The van der Waals surface area contributed by atoms with E-state index in [1.165, 1.54) is 18.9 Å². The summed E-state index contributed by atoms with van der Waals surface area (Å²) in [5.74, 6) is 0.921. The minimum atomic E-state index is -0.204. The zero-order chi connectivity index (χ0) is 13.1. The van der Waals surface area contributed by atoms with Crippen molar-refractivity contribution in [1.82, 2.24) is 0 Å². The molecule has 2 rings (SSSR count). The molecule has 100 valence electrons. The fraction of sp³-hybridized carbons (Fsp3) is 0.538. The van der Waals surface area contributed by atoms with Crippen molar-refractivity contribution in [2.75, 3.05) is 16.8 Å². The lowest BCUT2D eigenvalue weighted by Crippen LogP contribution is -2.26. The SMILES string of the molecule is CCSC1CCCC1Nc1cc(F)c(I)cc1N. The third-order valence-corrected chi connectivity index (χ3v) is 5.42. The summed E-state index contributed by atoms with van der Waals surface area (Å²) in [6.07, 6.45) is 3.62. The summed E-state index contributed by atoms with van der Waals surface area (Å²) < 4.78 is 14.1. The van der Waals surface area contributed by atoms with Gasteiger partial charge in [-0.1, -0.05) is 13.3 Å². The van der Waals surface area contributed by atoms with E-state index in [9.17, 15) is 4.39 Å². The van der Waals surface area contributed by atoms with Crippen LogP contribution < -0.4 is 11.1 Å². The van der Waals surface area contributed by atoms with Crippen molar-refractivity contribution in [2.24, 2.45) is 0 Å². The first-order valence-corrected chi connectivity index (χ1v) is 8.37. The Kier molecular flexibility index (Phi) is 5.00. The normalized spacial score (nSPS) is 23.3. The molecule has 1 fully saturated rings. The first kappa shape index (κ1) is 14.2. The summed E-state index contributed by atoms with van der Waals surface area (Å²) in [4.78, 5) is 0. The molecule has 0 saturated heterocycles. The maximum atomic E-state index is 13.6. The van der Waals surface area contributed by atoms with Crippen LogP contribution >= 0.6 is 34.4 Å². The average Bonchev–Trinajstić information content (AvgIpc) is 2.74. The monoisotopic (exact) mass is 380 g/mol. The number of nitrogens with two attached hydrogens (primary N) is 1. The highest BCUT2D eigenvalue weighted by Gasteiger charge is 2.27. The maximum absolute atomic E-state index is 13.6. The Balaban J connectivity index is 2.11. The lowest BCUT2D eigenvalue weighted by Gasteiger charge is -2.22. The maximum Gasteiger partial charge on any atom is 0.138 e. The van der Waals surface area contributed by atoms with Gasteiger partial charge in [-0.3, -0.25) is 0 Å². The molecule has 1 aliphatic carbocycles. The summed E-state index contributed by atoms with van der Waals surface area (Å²) >= 11 is 3.94. The second-order valence-corrected chi connectivity index (χ2v) is 7.21. The Bertz CT molecular complexity index is 428. The Hall–Kier alpha value is -0.170. The van der Waals surface area contributed by atoms with Crippen LogP contribution in [0.5, 0.6) is 0 Å². The van der Waals surface area contributed by atoms with Crippen LogP contribution in [0, 0.1) is 9.39 Å². The molecule has 0 heterocycles. The Morgan fingerprint density at radius 2 is 2.28 bits per heavy atom. The van der Waals surface area contributed by atoms with Crippen LogP contribution in [0.15, 0.2) is 12.1 Å². The van der Waals surface area contributed by atoms with E-state index in [0.717, 1.165) is 17.9 Å². The van der Waals surface area contributed by atoms with Gasteiger partial charge in [0.05, 0.1) is 14.9 Å². The van der Waals surface area contributed by atoms with Crippen molar-refractivity contribution >= 4 is 45.7 Å². The molecular weight excluding hydrogens is 362 g/mol. The van der Waals surface area contributed by atoms with Gasteiger partial charge in [0.1, 0.15) is 5.82 Å². The van der Waals surface area contributed by atoms with Crippen molar-refractivity contribution < 1.29 is 4.39 Å². The van der Waals surface area contributed by atoms with Crippen molar-refractivity contribution in [3.8, 4) is 0 Å². The fourth-order valence-electron chi connectivity index (χ4n) is 2.39. The van der Waals surface area contributed by atoms with E-state index in [4.69, 9.17) is 5.73 Å². The zero-order valence-electron chi connectivity index (χ0n) is 10.4. The molecule has 0 spiro atoms. The second-order valence-electron chi connectivity index (χ2n) is 4.53. The van der Waals surface area contributed by atoms with Crippen LogP contribution in [0.3, 0.4) is 0 Å². The molecule has 1 aromatic rings. The van der Waals surface area contributed by atoms with Gasteiger partial charge in [-0.15, -0.1) is 0 Å². The van der Waals surface area contributed by atoms with E-state index in [1.807, 2.05) is 34.4 Å². The van der Waals surface area contributed by atoms with Crippen LogP contribution in [0.4, 0.5) is 15.8 Å². The number of nitrogens with one attached hydrogen (secondary N) is 1. The van der Waals surface area contributed by atoms with Gasteiger partial charge in [0.25, 0.3) is 0 Å². The number of hydrogen-bond acceptors (Lipinski definition) is 3. The van der Waals surface area contributed by atoms with Gasteiger partial charge in [-0.2, -0.15) is 11.8 Å². The number of anilines is 2. The molecular formula is C13H18FIN2S. The highest BCUT2D eigenvalue weighted by molar-refractivity contribution is 14.1. The van der Waals surface area contributed by atoms with E-state index in [2.05, 4.69) is 12.2 Å². The summed E-state index contributed by atoms with van der Waals surface area (Å²) in [7, 11) is 0. The first-order valence-electron chi connectivity index (χ1n) is 6.24. The van der Waals surface area contributed by atoms with Crippen molar-refractivity contribution in [1.29, 1.82) is 0 Å². The third kappa shape index (κ3) is 3.23. The lowest BCUT2D eigenvalue weighted by molar-refractivity contribution is 0.620. The van der Waals surface area contributed by atoms with Crippen LogP contribution in [-0.2, 0) is 0 Å². The van der Waals surface area contributed by atoms with Crippen molar-refractivity contribution in [2.45, 2.75) is 37.5 Å². The molecule has 5 heteroatoms. The Morgan fingerprint density at radius 3 is 3.00 bits per heavy atom. The van der Waals surface area contributed by atoms with Crippen LogP contribution in [-0.4, -0.2) is 17.0 Å². The Labute approximate surface area is 125 Å². The first-order chi connectivity index (χ1) is 8.61. The molecule has 0 aromatic heterocycles. The van der Waals surface area contributed by atoms with Gasteiger partial charge in [0.15, 0.2) is 0 Å². The van der Waals surface area contributed by atoms with E-state index in [0.29, 0.717) is 20.5 Å². The topological polar surface area (TPSA) is 38.0 Å². The summed E-state index contributed by atoms with van der Waals surface area (Å²) in [6.45, 7) is 2.18. The standard InChI is InChI=1S/C13H18FIN2S/c1-2-18-13-5-3-4-11(13)17-12-6-8(14)9(15)7-10(12)16/h6-7,11,13,17H,2-5,16H2,1H3. The molecule has 0 aliphatic heterocycles. The fourth-order valence-corrected chi connectivity index (χ4v) is 4.08. The molecule has 1 saturated carbocycles. The number of benzene rings is 1. The molecule has 2 unspecified atom stereocenters. The molecule has 18 heavy (non-hydrogen) atoms. The average molecular weight is 380 g/mol. The predicted octanol–water partition coefficient (Wildman–Crippen LogP) is 4.10. The number of thioether (sulfide) groups is 1. The van der Waals surface area contributed by atoms with E-state index < -0.39 is 0 Å². The number of nitrogen functional groups attached to an aromatic ring is 1.